The van der Waals surface area contributed by atoms with Crippen LogP contribution in [0.2, 0.25) is 0 Å². The van der Waals surface area contributed by atoms with Crippen LogP contribution in [0.4, 0.5) is 4.79 Å². The van der Waals surface area contributed by atoms with E-state index in [2.05, 4.69) is 39.5 Å². The molecule has 2 aliphatic heterocycles. The summed E-state index contributed by atoms with van der Waals surface area (Å²) < 4.78 is 16.5. The molecule has 5 rings (SSSR count). The molecule has 2 aromatic carbocycles. The van der Waals surface area contributed by atoms with Crippen LogP contribution in [0, 0.1) is 0 Å². The Kier molecular flexibility index (Phi) is 6.45. The Bertz CT molecular complexity index is 1220. The van der Waals surface area contributed by atoms with Crippen molar-refractivity contribution < 1.29 is 24.1 Å². The maximum Gasteiger partial charge on any atom is 0.407 e. The molecule has 3 aromatic rings. The zero-order valence-corrected chi connectivity index (χ0v) is 20.7. The maximum atomic E-state index is 12.4. The monoisotopic (exact) mass is 489 g/mol. The maximum absolute atomic E-state index is 12.4. The first-order valence-corrected chi connectivity index (χ1v) is 12.1. The van der Waals surface area contributed by atoms with E-state index >= 15 is 0 Å². The Labute approximate surface area is 210 Å². The summed E-state index contributed by atoms with van der Waals surface area (Å²) in [4.78, 5) is 18.7. The van der Waals surface area contributed by atoms with Crippen LogP contribution >= 0.6 is 0 Å². The summed E-state index contributed by atoms with van der Waals surface area (Å²) >= 11 is 0. The minimum Gasteiger partial charge on any atom is -0.507 e. The summed E-state index contributed by atoms with van der Waals surface area (Å²) in [6.07, 6.45) is 3.91. The van der Waals surface area contributed by atoms with Crippen molar-refractivity contribution in [1.82, 2.24) is 15.2 Å². The molecular formula is C28H31N3O5. The van der Waals surface area contributed by atoms with Crippen LogP contribution in [0.1, 0.15) is 44.4 Å². The van der Waals surface area contributed by atoms with Crippen LogP contribution < -0.4 is 14.8 Å². The first kappa shape index (κ1) is 23.9. The number of nitrogens with zero attached hydrogens (tertiary/aromatic N) is 2. The van der Waals surface area contributed by atoms with Gasteiger partial charge in [-0.3, -0.25) is 9.88 Å². The summed E-state index contributed by atoms with van der Waals surface area (Å²) in [5.41, 5.74) is 3.37. The highest BCUT2D eigenvalue weighted by Crippen LogP contribution is 2.44. The Morgan fingerprint density at radius 3 is 2.44 bits per heavy atom. The molecule has 0 bridgehead atoms. The molecule has 0 saturated carbocycles. The number of pyridine rings is 1. The fraction of sp³-hybridized carbons (Fsp3) is 0.357. The summed E-state index contributed by atoms with van der Waals surface area (Å²) in [6, 6.07) is 15.4. The van der Waals surface area contributed by atoms with Gasteiger partial charge in [-0.2, -0.15) is 0 Å². The molecular weight excluding hydrogens is 458 g/mol. The molecule has 0 radical (unpaired) electrons. The lowest BCUT2D eigenvalue weighted by molar-refractivity contribution is 0.0505. The lowest BCUT2D eigenvalue weighted by Gasteiger charge is -2.30. The predicted molar refractivity (Wildman–Crippen MR) is 135 cm³/mol. The van der Waals surface area contributed by atoms with Crippen LogP contribution in [-0.4, -0.2) is 52.6 Å². The van der Waals surface area contributed by atoms with Gasteiger partial charge in [0.05, 0.1) is 6.04 Å². The van der Waals surface area contributed by atoms with Gasteiger partial charge in [0.1, 0.15) is 11.4 Å². The van der Waals surface area contributed by atoms with Crippen LogP contribution in [-0.2, 0) is 4.74 Å². The standard InChI is InChI=1S/C28H31N3O5/c1-28(2,3)36-27(33)30-21-10-13-31(16-21)26(22-14-24-25(15-23(22)32)35-17-34-24)20-6-4-18(5-7-20)19-8-11-29-12-9-19/h4-9,11-12,14-15,21,26,32H,10,13,16-17H2,1-3H3,(H,30,33)/t21-,26?/m1/s1. The fourth-order valence-electron chi connectivity index (χ4n) is 4.77. The molecule has 1 amide bonds. The number of rotatable bonds is 5. The second-order valence-corrected chi connectivity index (χ2v) is 10.2. The first-order valence-electron chi connectivity index (χ1n) is 12.1. The highest BCUT2D eigenvalue weighted by molar-refractivity contribution is 5.68. The Morgan fingerprint density at radius 2 is 1.75 bits per heavy atom. The minimum absolute atomic E-state index is 0.0606. The van der Waals surface area contributed by atoms with E-state index < -0.39 is 11.7 Å². The molecule has 1 saturated heterocycles. The van der Waals surface area contributed by atoms with E-state index in [0.29, 0.717) is 18.0 Å². The van der Waals surface area contributed by atoms with Gasteiger partial charge in [0.15, 0.2) is 11.5 Å². The van der Waals surface area contributed by atoms with Gasteiger partial charge in [-0.05, 0) is 62.1 Å². The largest absolute Gasteiger partial charge is 0.507 e. The number of carbonyl (C=O) groups is 1. The molecule has 36 heavy (non-hydrogen) atoms. The number of aromatic nitrogens is 1. The van der Waals surface area contributed by atoms with Crippen molar-refractivity contribution >= 4 is 6.09 Å². The third-order valence-electron chi connectivity index (χ3n) is 6.36. The summed E-state index contributed by atoms with van der Waals surface area (Å²) in [7, 11) is 0. The Hall–Kier alpha value is -3.78. The number of phenols is 1. The molecule has 2 aliphatic rings. The number of benzene rings is 2. The third-order valence-corrected chi connectivity index (χ3v) is 6.36. The molecule has 2 atom stereocenters. The second-order valence-electron chi connectivity index (χ2n) is 10.2. The molecule has 0 aliphatic carbocycles. The number of hydrogen-bond acceptors (Lipinski definition) is 7. The molecule has 8 nitrogen and oxygen atoms in total. The van der Waals surface area contributed by atoms with E-state index in [1.54, 1.807) is 18.5 Å². The van der Waals surface area contributed by atoms with Crippen molar-refractivity contribution in [3.63, 3.8) is 0 Å². The average molecular weight is 490 g/mol. The Balaban J connectivity index is 1.43. The van der Waals surface area contributed by atoms with Crippen molar-refractivity contribution in [1.29, 1.82) is 0 Å². The van der Waals surface area contributed by atoms with Gasteiger partial charge in [-0.1, -0.05) is 24.3 Å². The van der Waals surface area contributed by atoms with Gasteiger partial charge in [0.25, 0.3) is 0 Å². The number of amides is 1. The SMILES string of the molecule is CC(C)(C)OC(=O)N[C@@H]1CCN(C(c2ccc(-c3ccncc3)cc2)c2cc3c(cc2O)OCO3)C1. The Morgan fingerprint density at radius 1 is 1.08 bits per heavy atom. The van der Waals surface area contributed by atoms with Crippen molar-refractivity contribution in [2.24, 2.45) is 0 Å². The smallest absolute Gasteiger partial charge is 0.407 e. The lowest BCUT2D eigenvalue weighted by atomic mass is 9.94. The van der Waals surface area contributed by atoms with E-state index in [1.165, 1.54) is 0 Å². The van der Waals surface area contributed by atoms with E-state index in [0.717, 1.165) is 35.2 Å². The van der Waals surface area contributed by atoms with Crippen molar-refractivity contribution in [2.75, 3.05) is 19.9 Å². The van der Waals surface area contributed by atoms with Crippen LogP contribution in [0.15, 0.2) is 60.9 Å². The minimum atomic E-state index is -0.556. The van der Waals surface area contributed by atoms with E-state index in [-0.39, 0.29) is 24.6 Å². The van der Waals surface area contributed by atoms with E-state index in [1.807, 2.05) is 39.0 Å². The van der Waals surface area contributed by atoms with Gasteiger partial charge < -0.3 is 24.6 Å². The number of alkyl carbamates (subject to hydrolysis) is 1. The zero-order chi connectivity index (χ0) is 25.3. The third kappa shape index (κ3) is 5.23. The lowest BCUT2D eigenvalue weighted by Crippen LogP contribution is -2.41. The topological polar surface area (TPSA) is 93.2 Å². The summed E-state index contributed by atoms with van der Waals surface area (Å²) in [5, 5.41) is 14.0. The zero-order valence-electron chi connectivity index (χ0n) is 20.7. The van der Waals surface area contributed by atoms with Gasteiger partial charge in [0, 0.05) is 43.2 Å². The van der Waals surface area contributed by atoms with E-state index in [9.17, 15) is 9.90 Å². The van der Waals surface area contributed by atoms with Crippen LogP contribution in [0.5, 0.6) is 17.2 Å². The number of phenolic OH excluding ortho intramolecular Hbond substituents is 1. The predicted octanol–water partition coefficient (Wildman–Crippen LogP) is 4.87. The van der Waals surface area contributed by atoms with Crippen LogP contribution in [0.3, 0.4) is 0 Å². The number of likely N-dealkylation sites (tertiary alicyclic amines) is 1. The molecule has 1 fully saturated rings. The number of ether oxygens (including phenoxy) is 3. The first-order chi connectivity index (χ1) is 17.3. The van der Waals surface area contributed by atoms with Crippen molar-refractivity contribution in [3.8, 4) is 28.4 Å². The molecule has 188 valence electrons. The number of fused-ring (bicyclic) bond motifs is 1. The number of carbonyl (C=O) groups excluding carboxylic acids is 1. The normalized spacial score (nSPS) is 18.1. The molecule has 1 unspecified atom stereocenters. The van der Waals surface area contributed by atoms with Gasteiger partial charge >= 0.3 is 6.09 Å². The van der Waals surface area contributed by atoms with Gasteiger partial charge in [-0.15, -0.1) is 0 Å². The molecule has 1 aromatic heterocycles. The van der Waals surface area contributed by atoms with Crippen molar-refractivity contribution in [2.45, 2.75) is 44.9 Å². The van der Waals surface area contributed by atoms with Crippen molar-refractivity contribution in [3.05, 3.63) is 72.1 Å². The molecule has 2 N–H and O–H groups in total. The molecule has 3 heterocycles. The fourth-order valence-corrected chi connectivity index (χ4v) is 4.77. The highest BCUT2D eigenvalue weighted by atomic mass is 16.7. The van der Waals surface area contributed by atoms with E-state index in [4.69, 9.17) is 14.2 Å². The van der Waals surface area contributed by atoms with Crippen LogP contribution in [0.25, 0.3) is 11.1 Å². The number of hydrogen-bond donors (Lipinski definition) is 2. The van der Waals surface area contributed by atoms with Gasteiger partial charge in [-0.25, -0.2) is 4.79 Å². The number of aromatic hydroxyl groups is 1. The average Bonchev–Trinajstić information content (AvgIpc) is 3.48. The summed E-state index contributed by atoms with van der Waals surface area (Å²) in [5.74, 6) is 1.30. The van der Waals surface area contributed by atoms with Gasteiger partial charge in [0.2, 0.25) is 6.79 Å². The molecule has 8 heteroatoms. The second kappa shape index (κ2) is 9.70. The quantitative estimate of drug-likeness (QED) is 0.528. The highest BCUT2D eigenvalue weighted by Gasteiger charge is 2.34. The molecule has 0 spiro atoms. The summed E-state index contributed by atoms with van der Waals surface area (Å²) in [6.45, 7) is 7.04. The number of nitrogens with one attached hydrogen (secondary N) is 1.